The van der Waals surface area contributed by atoms with Crippen LogP contribution < -0.4 is 10.6 Å². The van der Waals surface area contributed by atoms with Crippen molar-refractivity contribution in [2.24, 2.45) is 0 Å². The number of carbonyl (C=O) groups is 1. The second-order valence-corrected chi connectivity index (χ2v) is 7.93. The van der Waals surface area contributed by atoms with Crippen molar-refractivity contribution in [2.45, 2.75) is 4.34 Å². The first-order valence-corrected chi connectivity index (χ1v) is 10.1. The average Bonchev–Trinajstić information content (AvgIpc) is 3.15. The lowest BCUT2D eigenvalue weighted by atomic mass is 10.1. The number of para-hydroxylation sites is 1. The molecule has 2 N–H and O–H groups in total. The standard InChI is InChI=1S/C20H16N4OS2/c25-18(22-17-12-6-8-14-7-4-5-11-16(14)17)13-26-20-24-23-19(27-20)21-15-9-2-1-3-10-15/h1-12H,13H2,(H,21,23)(H,22,25). The van der Waals surface area contributed by atoms with Crippen molar-refractivity contribution in [1.29, 1.82) is 0 Å². The Morgan fingerprint density at radius 1 is 0.926 bits per heavy atom. The summed E-state index contributed by atoms with van der Waals surface area (Å²) in [6.07, 6.45) is 0. The fourth-order valence-electron chi connectivity index (χ4n) is 2.61. The Morgan fingerprint density at radius 3 is 2.59 bits per heavy atom. The summed E-state index contributed by atoms with van der Waals surface area (Å²) in [6.45, 7) is 0. The molecule has 0 fully saturated rings. The second-order valence-electron chi connectivity index (χ2n) is 5.73. The van der Waals surface area contributed by atoms with Crippen LogP contribution >= 0.6 is 23.1 Å². The lowest BCUT2D eigenvalue weighted by Gasteiger charge is -2.08. The maximum absolute atomic E-state index is 12.3. The molecule has 0 bridgehead atoms. The van der Waals surface area contributed by atoms with Crippen molar-refractivity contribution in [1.82, 2.24) is 10.2 Å². The Kier molecular flexibility index (Phi) is 5.32. The minimum atomic E-state index is -0.0656. The van der Waals surface area contributed by atoms with Crippen molar-refractivity contribution >= 4 is 56.3 Å². The zero-order valence-electron chi connectivity index (χ0n) is 14.3. The maximum atomic E-state index is 12.3. The number of hydrogen-bond donors (Lipinski definition) is 2. The van der Waals surface area contributed by atoms with E-state index < -0.39 is 0 Å². The van der Waals surface area contributed by atoms with Crippen LogP contribution in [0.2, 0.25) is 0 Å². The molecule has 5 nitrogen and oxygen atoms in total. The lowest BCUT2D eigenvalue weighted by molar-refractivity contribution is -0.113. The zero-order chi connectivity index (χ0) is 18.5. The number of amides is 1. The van der Waals surface area contributed by atoms with Crippen molar-refractivity contribution in [3.8, 4) is 0 Å². The first-order valence-electron chi connectivity index (χ1n) is 8.34. The van der Waals surface area contributed by atoms with E-state index in [1.807, 2.05) is 72.8 Å². The molecule has 0 saturated heterocycles. The van der Waals surface area contributed by atoms with Crippen LogP contribution in [0.5, 0.6) is 0 Å². The van der Waals surface area contributed by atoms with E-state index in [1.54, 1.807) is 0 Å². The lowest BCUT2D eigenvalue weighted by Crippen LogP contribution is -2.14. The number of carbonyl (C=O) groups excluding carboxylic acids is 1. The number of thioether (sulfide) groups is 1. The molecule has 0 spiro atoms. The van der Waals surface area contributed by atoms with Crippen molar-refractivity contribution in [3.05, 3.63) is 72.8 Å². The predicted octanol–water partition coefficient (Wildman–Crippen LogP) is 5.17. The van der Waals surface area contributed by atoms with Gasteiger partial charge < -0.3 is 10.6 Å². The van der Waals surface area contributed by atoms with Crippen LogP contribution in [0.4, 0.5) is 16.5 Å². The summed E-state index contributed by atoms with van der Waals surface area (Å²) in [4.78, 5) is 12.3. The molecule has 0 aliphatic heterocycles. The highest BCUT2D eigenvalue weighted by molar-refractivity contribution is 8.01. The van der Waals surface area contributed by atoms with Gasteiger partial charge in [-0.1, -0.05) is 77.7 Å². The highest BCUT2D eigenvalue weighted by Crippen LogP contribution is 2.28. The molecule has 27 heavy (non-hydrogen) atoms. The van der Waals surface area contributed by atoms with Gasteiger partial charge in [-0.15, -0.1) is 10.2 Å². The predicted molar refractivity (Wildman–Crippen MR) is 113 cm³/mol. The molecule has 3 aromatic carbocycles. The normalized spacial score (nSPS) is 10.7. The van der Waals surface area contributed by atoms with Gasteiger partial charge in [-0.3, -0.25) is 4.79 Å². The van der Waals surface area contributed by atoms with Crippen LogP contribution in [0, 0.1) is 0 Å². The molecule has 1 heterocycles. The number of fused-ring (bicyclic) bond motifs is 1. The fraction of sp³-hybridized carbons (Fsp3) is 0.0500. The molecule has 4 rings (SSSR count). The molecule has 0 atom stereocenters. The van der Waals surface area contributed by atoms with Crippen LogP contribution in [-0.2, 0) is 4.79 Å². The van der Waals surface area contributed by atoms with E-state index in [2.05, 4.69) is 20.8 Å². The van der Waals surface area contributed by atoms with Crippen LogP contribution in [0.1, 0.15) is 0 Å². The van der Waals surface area contributed by atoms with Crippen LogP contribution in [0.3, 0.4) is 0 Å². The zero-order valence-corrected chi connectivity index (χ0v) is 15.9. The highest BCUT2D eigenvalue weighted by Gasteiger charge is 2.10. The summed E-state index contributed by atoms with van der Waals surface area (Å²) in [5, 5.41) is 17.3. The molecule has 0 unspecified atom stereocenters. The average molecular weight is 393 g/mol. The number of nitrogens with zero attached hydrogens (tertiary/aromatic N) is 2. The molecule has 0 aliphatic carbocycles. The second kappa shape index (κ2) is 8.20. The third-order valence-corrected chi connectivity index (χ3v) is 5.79. The van der Waals surface area contributed by atoms with Crippen LogP contribution in [-0.4, -0.2) is 21.9 Å². The van der Waals surface area contributed by atoms with E-state index in [9.17, 15) is 4.79 Å². The van der Waals surface area contributed by atoms with Crippen molar-refractivity contribution in [2.75, 3.05) is 16.4 Å². The molecule has 0 aliphatic rings. The third-order valence-electron chi connectivity index (χ3n) is 3.82. The van der Waals surface area contributed by atoms with E-state index in [0.717, 1.165) is 26.5 Å². The third kappa shape index (κ3) is 4.45. The monoisotopic (exact) mass is 392 g/mol. The Balaban J connectivity index is 1.35. The number of aromatic nitrogens is 2. The van der Waals surface area contributed by atoms with E-state index in [-0.39, 0.29) is 11.7 Å². The molecular formula is C20H16N4OS2. The molecule has 1 aromatic heterocycles. The van der Waals surface area contributed by atoms with Gasteiger partial charge in [-0.2, -0.15) is 0 Å². The molecule has 0 radical (unpaired) electrons. The molecule has 0 saturated carbocycles. The summed E-state index contributed by atoms with van der Waals surface area (Å²) in [7, 11) is 0. The Morgan fingerprint density at radius 2 is 1.70 bits per heavy atom. The van der Waals surface area contributed by atoms with Crippen molar-refractivity contribution in [3.63, 3.8) is 0 Å². The van der Waals surface area contributed by atoms with Gasteiger partial charge in [0, 0.05) is 16.8 Å². The van der Waals surface area contributed by atoms with Gasteiger partial charge >= 0.3 is 0 Å². The first kappa shape index (κ1) is 17.5. The van der Waals surface area contributed by atoms with Crippen LogP contribution in [0.15, 0.2) is 77.1 Å². The SMILES string of the molecule is O=C(CSc1nnc(Nc2ccccc2)s1)Nc1cccc2ccccc12. The van der Waals surface area contributed by atoms with Crippen molar-refractivity contribution < 1.29 is 4.79 Å². The van der Waals surface area contributed by atoms with Gasteiger partial charge in [0.2, 0.25) is 11.0 Å². The number of nitrogens with one attached hydrogen (secondary N) is 2. The van der Waals surface area contributed by atoms with Gasteiger partial charge in [0.05, 0.1) is 5.75 Å². The molecule has 4 aromatic rings. The summed E-state index contributed by atoms with van der Waals surface area (Å²) in [5.74, 6) is 0.215. The van der Waals surface area contributed by atoms with E-state index >= 15 is 0 Å². The largest absolute Gasteiger partial charge is 0.330 e. The number of anilines is 3. The Hall–Kier alpha value is -2.90. The van der Waals surface area contributed by atoms with Gasteiger partial charge in [0.25, 0.3) is 0 Å². The Bertz CT molecular complexity index is 1060. The fourth-order valence-corrected chi connectivity index (χ4v) is 4.18. The minimum Gasteiger partial charge on any atom is -0.330 e. The number of hydrogen-bond acceptors (Lipinski definition) is 6. The van der Waals surface area contributed by atoms with Gasteiger partial charge in [0.15, 0.2) is 4.34 Å². The van der Waals surface area contributed by atoms with Crippen LogP contribution in [0.25, 0.3) is 10.8 Å². The summed E-state index contributed by atoms with van der Waals surface area (Å²) in [5.41, 5.74) is 1.78. The number of benzene rings is 3. The number of rotatable bonds is 6. The van der Waals surface area contributed by atoms with Gasteiger partial charge in [-0.05, 0) is 23.6 Å². The molecule has 134 valence electrons. The molecular weight excluding hydrogens is 376 g/mol. The van der Waals surface area contributed by atoms with E-state index in [0.29, 0.717) is 5.13 Å². The summed E-state index contributed by atoms with van der Waals surface area (Å²) in [6, 6.07) is 23.7. The topological polar surface area (TPSA) is 66.9 Å². The molecule has 7 heteroatoms. The molecule has 1 amide bonds. The van der Waals surface area contributed by atoms with E-state index in [4.69, 9.17) is 0 Å². The quantitative estimate of drug-likeness (QED) is 0.443. The highest BCUT2D eigenvalue weighted by atomic mass is 32.2. The van der Waals surface area contributed by atoms with E-state index in [1.165, 1.54) is 23.1 Å². The summed E-state index contributed by atoms with van der Waals surface area (Å²) >= 11 is 2.81. The minimum absolute atomic E-state index is 0.0656. The summed E-state index contributed by atoms with van der Waals surface area (Å²) < 4.78 is 0.751. The smallest absolute Gasteiger partial charge is 0.234 e. The van der Waals surface area contributed by atoms with Gasteiger partial charge in [0.1, 0.15) is 0 Å². The van der Waals surface area contributed by atoms with Gasteiger partial charge in [-0.25, -0.2) is 0 Å². The Labute approximate surface area is 164 Å². The first-order chi connectivity index (χ1) is 13.3. The maximum Gasteiger partial charge on any atom is 0.234 e.